The van der Waals surface area contributed by atoms with Gasteiger partial charge in [-0.15, -0.1) is 0 Å². The van der Waals surface area contributed by atoms with E-state index in [2.05, 4.69) is 5.32 Å². The van der Waals surface area contributed by atoms with Crippen molar-refractivity contribution in [3.05, 3.63) is 0 Å². The van der Waals surface area contributed by atoms with E-state index in [0.717, 1.165) is 0 Å². The quantitative estimate of drug-likeness (QED) is 0.503. The molecule has 0 aliphatic carbocycles. The summed E-state index contributed by atoms with van der Waals surface area (Å²) < 4.78 is 0. The molecule has 3 nitrogen and oxygen atoms in total. The van der Waals surface area contributed by atoms with Gasteiger partial charge in [0, 0.05) is 7.05 Å². The molecule has 0 saturated heterocycles. The van der Waals surface area contributed by atoms with Gasteiger partial charge in [0.05, 0.1) is 0 Å². The number of amides is 1. The Bertz CT molecular complexity index is 93.1. The molecule has 1 N–H and O–H groups in total. The number of hydrogen-bond donors (Lipinski definition) is 1. The maximum absolute atomic E-state index is 10.4. The van der Waals surface area contributed by atoms with Crippen LogP contribution in [0.2, 0.25) is 0 Å². The van der Waals surface area contributed by atoms with Crippen LogP contribution in [0.1, 0.15) is 13.8 Å². The Morgan fingerprint density at radius 3 is 2.00 bits per heavy atom. The Kier molecular flexibility index (Phi) is 1.98. The summed E-state index contributed by atoms with van der Waals surface area (Å²) in [5.41, 5.74) is -1.30. The van der Waals surface area contributed by atoms with E-state index in [9.17, 15) is 4.79 Å². The smallest absolute Gasteiger partial charge is 0.272 e. The molecule has 1 radical (unpaired) electrons. The van der Waals surface area contributed by atoms with Gasteiger partial charge in [0.25, 0.3) is 5.91 Å². The first-order valence-corrected chi connectivity index (χ1v) is 2.35. The van der Waals surface area contributed by atoms with Crippen LogP contribution in [0, 0.1) is 0 Å². The number of hydrogen-bond acceptors (Lipinski definition) is 2. The van der Waals surface area contributed by atoms with Crippen molar-refractivity contribution in [2.45, 2.75) is 19.4 Å². The topological polar surface area (TPSA) is 51.4 Å². The molecule has 0 unspecified atom stereocenters. The van der Waals surface area contributed by atoms with Crippen LogP contribution in [0.25, 0.3) is 0 Å². The highest BCUT2D eigenvalue weighted by molar-refractivity contribution is 5.83. The maximum atomic E-state index is 10.4. The molecule has 0 aliphatic rings. The highest BCUT2D eigenvalue weighted by Crippen LogP contribution is 1.98. The summed E-state index contributed by atoms with van der Waals surface area (Å²) in [5.74, 6) is -0.488. The molecule has 0 fully saturated rings. The zero-order valence-corrected chi connectivity index (χ0v) is 5.30. The fourth-order valence-electron chi connectivity index (χ4n) is 0.274. The second-order valence-electron chi connectivity index (χ2n) is 2.09. The van der Waals surface area contributed by atoms with Crippen LogP contribution in [-0.4, -0.2) is 23.7 Å². The lowest BCUT2D eigenvalue weighted by Gasteiger charge is -2.11. The van der Waals surface area contributed by atoms with Crippen LogP contribution >= 0.6 is 0 Å². The van der Waals surface area contributed by atoms with Crippen LogP contribution in [0.5, 0.6) is 0 Å². The molecule has 3 heteroatoms. The lowest BCUT2D eigenvalue weighted by Crippen LogP contribution is -2.36. The number of aliphatic hydroxyl groups is 1. The summed E-state index contributed by atoms with van der Waals surface area (Å²) >= 11 is 0. The van der Waals surface area contributed by atoms with Crippen molar-refractivity contribution >= 4 is 5.91 Å². The van der Waals surface area contributed by atoms with Crippen LogP contribution in [0.15, 0.2) is 0 Å². The van der Waals surface area contributed by atoms with E-state index in [1.807, 2.05) is 0 Å². The predicted molar refractivity (Wildman–Crippen MR) is 29.4 cm³/mol. The third-order valence-electron chi connectivity index (χ3n) is 0.726. The Morgan fingerprint density at radius 2 is 2.00 bits per heavy atom. The lowest BCUT2D eigenvalue weighted by molar-refractivity contribution is -0.136. The Labute approximate surface area is 48.7 Å². The highest BCUT2D eigenvalue weighted by Gasteiger charge is 2.22. The van der Waals surface area contributed by atoms with Gasteiger partial charge in [-0.25, -0.2) is 0 Å². The third kappa shape index (κ3) is 1.93. The van der Waals surface area contributed by atoms with Crippen molar-refractivity contribution in [2.24, 2.45) is 0 Å². The van der Waals surface area contributed by atoms with E-state index >= 15 is 0 Å². The Balaban J connectivity index is 3.82. The van der Waals surface area contributed by atoms with Crippen LogP contribution in [-0.2, 0) is 4.79 Å². The molecule has 8 heavy (non-hydrogen) atoms. The Morgan fingerprint density at radius 1 is 1.62 bits per heavy atom. The Hall–Kier alpha value is -0.570. The van der Waals surface area contributed by atoms with E-state index in [-0.39, 0.29) is 0 Å². The standard InChI is InChI=1S/C5H10NO2/c1-5(2,8)4(7)6-3/h8H,1-3H3. The number of carbonyl (C=O) groups is 1. The minimum Gasteiger partial charge on any atom is -0.381 e. The van der Waals surface area contributed by atoms with E-state index in [4.69, 9.17) is 5.11 Å². The second-order valence-corrected chi connectivity index (χ2v) is 2.09. The monoisotopic (exact) mass is 116 g/mol. The fraction of sp³-hybridized carbons (Fsp3) is 0.800. The molecular formula is C5H10NO2. The van der Waals surface area contributed by atoms with Gasteiger partial charge in [-0.1, -0.05) is 0 Å². The van der Waals surface area contributed by atoms with Gasteiger partial charge < -0.3 is 5.11 Å². The molecule has 0 atom stereocenters. The first kappa shape index (κ1) is 7.43. The highest BCUT2D eigenvalue weighted by atomic mass is 16.3. The van der Waals surface area contributed by atoms with Crippen molar-refractivity contribution in [3.8, 4) is 0 Å². The van der Waals surface area contributed by atoms with Gasteiger partial charge in [0.15, 0.2) is 0 Å². The van der Waals surface area contributed by atoms with E-state index in [0.29, 0.717) is 0 Å². The van der Waals surface area contributed by atoms with E-state index < -0.39 is 11.5 Å². The SMILES string of the molecule is C[N]C(=O)C(C)(C)O. The average molecular weight is 116 g/mol. The summed E-state index contributed by atoms with van der Waals surface area (Å²) in [6.07, 6.45) is 0. The lowest BCUT2D eigenvalue weighted by atomic mass is 10.1. The zero-order valence-electron chi connectivity index (χ0n) is 5.30. The first-order valence-electron chi connectivity index (χ1n) is 2.35. The van der Waals surface area contributed by atoms with Gasteiger partial charge in [-0.3, -0.25) is 10.1 Å². The van der Waals surface area contributed by atoms with Gasteiger partial charge in [-0.05, 0) is 13.8 Å². The van der Waals surface area contributed by atoms with Crippen molar-refractivity contribution in [3.63, 3.8) is 0 Å². The molecule has 0 aromatic rings. The molecule has 0 aliphatic heterocycles. The van der Waals surface area contributed by atoms with Gasteiger partial charge in [0.2, 0.25) is 0 Å². The summed E-state index contributed by atoms with van der Waals surface area (Å²) in [5, 5.41) is 12.1. The van der Waals surface area contributed by atoms with Crippen LogP contribution < -0.4 is 5.32 Å². The minimum absolute atomic E-state index is 0.488. The summed E-state index contributed by atoms with van der Waals surface area (Å²) in [6.45, 7) is 2.81. The summed E-state index contributed by atoms with van der Waals surface area (Å²) in [4.78, 5) is 10.4. The molecule has 0 spiro atoms. The van der Waals surface area contributed by atoms with Crippen molar-refractivity contribution in [1.29, 1.82) is 0 Å². The molecule has 47 valence electrons. The average Bonchev–Trinajstić information content (AvgIpc) is 1.62. The molecular weight excluding hydrogens is 106 g/mol. The number of rotatable bonds is 1. The molecule has 1 amide bonds. The van der Waals surface area contributed by atoms with Crippen LogP contribution in [0.4, 0.5) is 0 Å². The van der Waals surface area contributed by atoms with Gasteiger partial charge in [0.1, 0.15) is 5.60 Å². The summed E-state index contributed by atoms with van der Waals surface area (Å²) in [6, 6.07) is 0. The number of nitrogens with zero attached hydrogens (tertiary/aromatic N) is 1. The minimum atomic E-state index is -1.30. The van der Waals surface area contributed by atoms with E-state index in [1.54, 1.807) is 0 Å². The maximum Gasteiger partial charge on any atom is 0.272 e. The third-order valence-corrected chi connectivity index (χ3v) is 0.726. The van der Waals surface area contributed by atoms with E-state index in [1.165, 1.54) is 20.9 Å². The normalized spacial score (nSPS) is 11.0. The first-order chi connectivity index (χ1) is 3.48. The predicted octanol–water partition coefficient (Wildman–Crippen LogP) is -0.482. The van der Waals surface area contributed by atoms with Gasteiger partial charge >= 0.3 is 0 Å². The second kappa shape index (κ2) is 2.13. The summed E-state index contributed by atoms with van der Waals surface area (Å²) in [7, 11) is 1.36. The molecule has 0 saturated carbocycles. The van der Waals surface area contributed by atoms with Crippen molar-refractivity contribution in [1.82, 2.24) is 5.32 Å². The van der Waals surface area contributed by atoms with Gasteiger partial charge in [-0.2, -0.15) is 0 Å². The molecule has 0 rings (SSSR count). The number of carbonyl (C=O) groups excluding carboxylic acids is 1. The molecule has 0 aromatic carbocycles. The molecule has 0 bridgehead atoms. The molecule has 0 aromatic heterocycles. The van der Waals surface area contributed by atoms with Crippen molar-refractivity contribution < 1.29 is 9.90 Å². The van der Waals surface area contributed by atoms with Crippen LogP contribution in [0.3, 0.4) is 0 Å². The molecule has 0 heterocycles. The fourth-order valence-corrected chi connectivity index (χ4v) is 0.274. The number of likely N-dealkylation sites (N-methyl/N-ethyl adjacent to an activating group) is 1. The van der Waals surface area contributed by atoms with Crippen molar-refractivity contribution in [2.75, 3.05) is 7.05 Å². The zero-order chi connectivity index (χ0) is 6.78. The largest absolute Gasteiger partial charge is 0.381 e.